The molecule has 9 heteroatoms. The summed E-state index contributed by atoms with van der Waals surface area (Å²) in [5, 5.41) is 22.2. The predicted octanol–water partition coefficient (Wildman–Crippen LogP) is 4.47. The van der Waals surface area contributed by atoms with E-state index in [4.69, 9.17) is 21.4 Å². The van der Waals surface area contributed by atoms with Gasteiger partial charge in [-0.15, -0.1) is 0 Å². The van der Waals surface area contributed by atoms with E-state index in [1.807, 2.05) is 26.0 Å². The van der Waals surface area contributed by atoms with Gasteiger partial charge in [0.15, 0.2) is 5.65 Å². The maximum absolute atomic E-state index is 11.4. The number of imidazole rings is 1. The minimum Gasteiger partial charge on any atom is -0.426 e. The first-order valence-corrected chi connectivity index (χ1v) is 11.1. The maximum Gasteiger partial charge on any atom is 0.301 e. The van der Waals surface area contributed by atoms with Gasteiger partial charge in [0, 0.05) is 12.5 Å². The van der Waals surface area contributed by atoms with E-state index in [0.717, 1.165) is 11.1 Å². The van der Waals surface area contributed by atoms with Crippen LogP contribution in [0.25, 0.3) is 22.4 Å². The second-order valence-corrected chi connectivity index (χ2v) is 8.89. The molecule has 2 aromatic carbocycles. The number of hydrogen-bond acceptors (Lipinski definition) is 6. The van der Waals surface area contributed by atoms with Crippen molar-refractivity contribution < 1.29 is 19.7 Å². The average Bonchev–Trinajstić information content (AvgIpc) is 3.18. The van der Waals surface area contributed by atoms with Crippen molar-refractivity contribution in [2.75, 3.05) is 6.61 Å². The molecule has 2 heterocycles. The number of aliphatic hydroxyl groups excluding tert-OH is 2. The Morgan fingerprint density at radius 1 is 1.15 bits per heavy atom. The van der Waals surface area contributed by atoms with Crippen LogP contribution in [-0.4, -0.2) is 37.7 Å². The summed E-state index contributed by atoms with van der Waals surface area (Å²) in [4.78, 5) is 23.5. The van der Waals surface area contributed by atoms with Gasteiger partial charge in [-0.05, 0) is 43.2 Å². The molecular weight excluding hydrogens is 456 g/mol. The number of aliphatic hydroxyl groups is 2. The van der Waals surface area contributed by atoms with Crippen LogP contribution in [0.15, 0.2) is 54.6 Å². The standard InChI is InChI=1S/C25H25ClN4O4/c1-14(32)30-25(2,3)17-8-10-18(11-9-17)34-24-27-20-12-19(26)22(28-23(20)29-24)16-6-4-15(5-7-16)21(33)13-31/h4-12,21,31,33H,13H2,1-3H3,(H,30,32)(H,27,28,29)/t21-/m0/s1. The molecule has 1 amide bonds. The van der Waals surface area contributed by atoms with Gasteiger partial charge in [0.25, 0.3) is 0 Å². The molecule has 0 aliphatic heterocycles. The molecule has 4 rings (SSSR count). The van der Waals surface area contributed by atoms with Crippen LogP contribution in [-0.2, 0) is 10.3 Å². The number of nitrogens with zero attached hydrogens (tertiary/aromatic N) is 2. The number of aromatic nitrogens is 3. The van der Waals surface area contributed by atoms with Crippen LogP contribution < -0.4 is 10.1 Å². The van der Waals surface area contributed by atoms with Gasteiger partial charge >= 0.3 is 6.01 Å². The fourth-order valence-corrected chi connectivity index (χ4v) is 3.94. The Hall–Kier alpha value is -3.46. The molecule has 4 aromatic rings. The Bertz CT molecular complexity index is 1320. The highest BCUT2D eigenvalue weighted by atomic mass is 35.5. The largest absolute Gasteiger partial charge is 0.426 e. The lowest BCUT2D eigenvalue weighted by Crippen LogP contribution is -2.39. The third-order valence-electron chi connectivity index (χ3n) is 5.43. The highest BCUT2D eigenvalue weighted by Gasteiger charge is 2.21. The van der Waals surface area contributed by atoms with E-state index >= 15 is 0 Å². The van der Waals surface area contributed by atoms with E-state index < -0.39 is 11.6 Å². The molecule has 8 nitrogen and oxygen atoms in total. The number of rotatable bonds is 7. The number of carbonyl (C=O) groups is 1. The summed E-state index contributed by atoms with van der Waals surface area (Å²) in [5.74, 6) is 0.475. The van der Waals surface area contributed by atoms with E-state index in [-0.39, 0.29) is 18.5 Å². The summed E-state index contributed by atoms with van der Waals surface area (Å²) >= 11 is 6.46. The first-order valence-electron chi connectivity index (χ1n) is 10.7. The number of fused-ring (bicyclic) bond motifs is 1. The number of nitrogens with one attached hydrogen (secondary N) is 2. The van der Waals surface area contributed by atoms with Gasteiger partial charge in [-0.2, -0.15) is 4.98 Å². The van der Waals surface area contributed by atoms with Crippen molar-refractivity contribution in [1.29, 1.82) is 0 Å². The minimum atomic E-state index is -0.934. The molecule has 176 valence electrons. The van der Waals surface area contributed by atoms with Crippen molar-refractivity contribution in [3.63, 3.8) is 0 Å². The minimum absolute atomic E-state index is 0.100. The van der Waals surface area contributed by atoms with Crippen LogP contribution in [0.4, 0.5) is 0 Å². The van der Waals surface area contributed by atoms with E-state index in [0.29, 0.717) is 33.2 Å². The molecule has 1 atom stereocenters. The Labute approximate surface area is 201 Å². The third kappa shape index (κ3) is 5.04. The number of H-pyrrole nitrogens is 1. The van der Waals surface area contributed by atoms with Crippen LogP contribution in [0.3, 0.4) is 0 Å². The second kappa shape index (κ2) is 9.42. The molecule has 0 bridgehead atoms. The third-order valence-corrected chi connectivity index (χ3v) is 5.71. The smallest absolute Gasteiger partial charge is 0.301 e. The lowest BCUT2D eigenvalue weighted by molar-refractivity contribution is -0.120. The van der Waals surface area contributed by atoms with Crippen molar-refractivity contribution in [2.24, 2.45) is 0 Å². The van der Waals surface area contributed by atoms with Crippen LogP contribution in [0.5, 0.6) is 11.8 Å². The summed E-state index contributed by atoms with van der Waals surface area (Å²) in [6.45, 7) is 5.00. The summed E-state index contributed by atoms with van der Waals surface area (Å²) in [5.41, 5.74) is 3.40. The zero-order valence-corrected chi connectivity index (χ0v) is 19.7. The van der Waals surface area contributed by atoms with Crippen molar-refractivity contribution in [3.05, 3.63) is 70.7 Å². The number of aromatic amines is 1. The van der Waals surface area contributed by atoms with E-state index in [2.05, 4.69) is 20.3 Å². The molecule has 0 saturated carbocycles. The van der Waals surface area contributed by atoms with Gasteiger partial charge in [0.05, 0.1) is 28.4 Å². The zero-order chi connectivity index (χ0) is 24.5. The SMILES string of the molecule is CC(=O)NC(C)(C)c1ccc(Oc2nc3nc(-c4ccc([C@@H](O)CO)cc4)c(Cl)cc3[nH]2)cc1. The van der Waals surface area contributed by atoms with Crippen LogP contribution >= 0.6 is 11.6 Å². The molecule has 34 heavy (non-hydrogen) atoms. The van der Waals surface area contributed by atoms with Crippen molar-refractivity contribution in [1.82, 2.24) is 20.3 Å². The summed E-state index contributed by atoms with van der Waals surface area (Å²) in [6.07, 6.45) is -0.934. The van der Waals surface area contributed by atoms with Gasteiger partial charge in [0.2, 0.25) is 5.91 Å². The molecule has 0 saturated heterocycles. The first kappa shape index (κ1) is 23.7. The monoisotopic (exact) mass is 480 g/mol. The molecule has 4 N–H and O–H groups in total. The van der Waals surface area contributed by atoms with Gasteiger partial charge < -0.3 is 25.3 Å². The molecule has 0 spiro atoms. The Kier molecular flexibility index (Phi) is 6.56. The van der Waals surface area contributed by atoms with Gasteiger partial charge in [-0.1, -0.05) is 48.0 Å². The topological polar surface area (TPSA) is 120 Å². The second-order valence-electron chi connectivity index (χ2n) is 8.48. The highest BCUT2D eigenvalue weighted by Crippen LogP contribution is 2.31. The highest BCUT2D eigenvalue weighted by molar-refractivity contribution is 6.33. The number of carbonyl (C=O) groups excluding carboxylic acids is 1. The molecule has 0 aliphatic carbocycles. The van der Waals surface area contributed by atoms with Crippen LogP contribution in [0, 0.1) is 0 Å². The number of halogens is 1. The maximum atomic E-state index is 11.4. The molecular formula is C25H25ClN4O4. The molecule has 0 radical (unpaired) electrons. The summed E-state index contributed by atoms with van der Waals surface area (Å²) in [7, 11) is 0. The quantitative estimate of drug-likeness (QED) is 0.310. The number of benzene rings is 2. The lowest BCUT2D eigenvalue weighted by atomic mass is 9.94. The van der Waals surface area contributed by atoms with E-state index in [1.54, 1.807) is 42.5 Å². The number of ether oxygens (including phenoxy) is 1. The van der Waals surface area contributed by atoms with Crippen molar-refractivity contribution >= 4 is 28.7 Å². The van der Waals surface area contributed by atoms with Crippen LogP contribution in [0.2, 0.25) is 5.02 Å². The Morgan fingerprint density at radius 3 is 2.44 bits per heavy atom. The van der Waals surface area contributed by atoms with Crippen molar-refractivity contribution in [3.8, 4) is 23.0 Å². The lowest BCUT2D eigenvalue weighted by Gasteiger charge is -2.26. The molecule has 0 fully saturated rings. The number of amides is 1. The average molecular weight is 481 g/mol. The number of pyridine rings is 1. The van der Waals surface area contributed by atoms with Gasteiger partial charge in [-0.25, -0.2) is 4.98 Å². The number of hydrogen-bond donors (Lipinski definition) is 4. The van der Waals surface area contributed by atoms with Gasteiger partial charge in [-0.3, -0.25) is 4.79 Å². The summed E-state index contributed by atoms with van der Waals surface area (Å²) < 4.78 is 5.86. The fraction of sp³-hybridized carbons (Fsp3) is 0.240. The summed E-state index contributed by atoms with van der Waals surface area (Å²) in [6, 6.07) is 16.4. The molecule has 2 aromatic heterocycles. The Morgan fingerprint density at radius 2 is 1.82 bits per heavy atom. The first-order chi connectivity index (χ1) is 16.2. The van der Waals surface area contributed by atoms with E-state index in [1.165, 1.54) is 6.92 Å². The molecule has 0 unspecified atom stereocenters. The van der Waals surface area contributed by atoms with E-state index in [9.17, 15) is 9.90 Å². The predicted molar refractivity (Wildman–Crippen MR) is 130 cm³/mol. The normalized spacial score (nSPS) is 12.5. The zero-order valence-electron chi connectivity index (χ0n) is 19.0. The Balaban J connectivity index is 1.56. The van der Waals surface area contributed by atoms with Gasteiger partial charge in [0.1, 0.15) is 11.9 Å². The fourth-order valence-electron chi connectivity index (χ4n) is 3.68. The van der Waals surface area contributed by atoms with Crippen molar-refractivity contribution in [2.45, 2.75) is 32.4 Å². The molecule has 0 aliphatic rings. The van der Waals surface area contributed by atoms with Crippen LogP contribution in [0.1, 0.15) is 38.0 Å².